The van der Waals surface area contributed by atoms with Crippen molar-refractivity contribution < 1.29 is 23.9 Å². The number of aliphatic carboxylic acids is 1. The Kier molecular flexibility index (Phi) is 6.49. The summed E-state index contributed by atoms with van der Waals surface area (Å²) in [7, 11) is 0. The highest BCUT2D eigenvalue weighted by Gasteiger charge is 2.21. The highest BCUT2D eigenvalue weighted by molar-refractivity contribution is 5.96. The van der Waals surface area contributed by atoms with Gasteiger partial charge in [-0.1, -0.05) is 19.9 Å². The largest absolute Gasteiger partial charge is 0.480 e. The quantitative estimate of drug-likeness (QED) is 0.704. The number of carboxylic acid groups (broad SMARTS) is 1. The van der Waals surface area contributed by atoms with Crippen LogP contribution in [0.5, 0.6) is 0 Å². The van der Waals surface area contributed by atoms with Gasteiger partial charge in [-0.15, -0.1) is 0 Å². The Hall–Kier alpha value is -2.44. The van der Waals surface area contributed by atoms with Crippen molar-refractivity contribution >= 4 is 17.8 Å². The van der Waals surface area contributed by atoms with Gasteiger partial charge in [-0.3, -0.25) is 9.59 Å². The summed E-state index contributed by atoms with van der Waals surface area (Å²) in [5.74, 6) is -2.80. The van der Waals surface area contributed by atoms with Crippen LogP contribution in [0.15, 0.2) is 24.3 Å². The molecular weight excluding hydrogens is 291 g/mol. The molecule has 0 bridgehead atoms. The lowest BCUT2D eigenvalue weighted by atomic mass is 10.0. The smallest absolute Gasteiger partial charge is 0.326 e. The van der Waals surface area contributed by atoms with Gasteiger partial charge in [-0.2, -0.15) is 0 Å². The molecule has 0 saturated carbocycles. The van der Waals surface area contributed by atoms with Crippen LogP contribution in [-0.2, 0) is 9.59 Å². The maximum absolute atomic E-state index is 13.0. The van der Waals surface area contributed by atoms with Crippen molar-refractivity contribution in [1.82, 2.24) is 10.6 Å². The van der Waals surface area contributed by atoms with Crippen molar-refractivity contribution in [1.29, 1.82) is 0 Å². The second-order valence-electron chi connectivity index (χ2n) is 5.28. The van der Waals surface area contributed by atoms with Crippen LogP contribution in [0.25, 0.3) is 0 Å². The van der Waals surface area contributed by atoms with E-state index in [1.54, 1.807) is 0 Å². The van der Waals surface area contributed by atoms with Gasteiger partial charge in [0.15, 0.2) is 0 Å². The Morgan fingerprint density at radius 1 is 1.27 bits per heavy atom. The first kappa shape index (κ1) is 17.6. The molecule has 2 amide bonds. The summed E-state index contributed by atoms with van der Waals surface area (Å²) in [5.41, 5.74) is 0.0877. The maximum atomic E-state index is 13.0. The van der Waals surface area contributed by atoms with E-state index in [1.807, 2.05) is 13.8 Å². The van der Waals surface area contributed by atoms with Crippen molar-refractivity contribution in [2.45, 2.75) is 26.3 Å². The van der Waals surface area contributed by atoms with Gasteiger partial charge in [-0.25, -0.2) is 9.18 Å². The minimum Gasteiger partial charge on any atom is -0.480 e. The van der Waals surface area contributed by atoms with Crippen molar-refractivity contribution in [3.05, 3.63) is 35.6 Å². The van der Waals surface area contributed by atoms with E-state index in [4.69, 9.17) is 5.11 Å². The van der Waals surface area contributed by atoms with Gasteiger partial charge in [0.2, 0.25) is 5.91 Å². The van der Waals surface area contributed by atoms with Crippen molar-refractivity contribution in [3.63, 3.8) is 0 Å². The highest BCUT2D eigenvalue weighted by Crippen LogP contribution is 2.05. The van der Waals surface area contributed by atoms with E-state index in [2.05, 4.69) is 10.6 Å². The molecule has 7 heteroatoms. The zero-order chi connectivity index (χ0) is 16.7. The highest BCUT2D eigenvalue weighted by atomic mass is 19.1. The van der Waals surface area contributed by atoms with E-state index in [0.717, 1.165) is 6.07 Å². The molecule has 0 aliphatic heterocycles. The van der Waals surface area contributed by atoms with E-state index in [9.17, 15) is 18.8 Å². The average Bonchev–Trinajstić information content (AvgIpc) is 2.43. The SMILES string of the molecule is CC(C)CC(NC(=O)CNC(=O)c1cccc(F)c1)C(=O)O. The van der Waals surface area contributed by atoms with Crippen LogP contribution in [0, 0.1) is 11.7 Å². The van der Waals surface area contributed by atoms with Crippen LogP contribution in [0.2, 0.25) is 0 Å². The average molecular weight is 310 g/mol. The van der Waals surface area contributed by atoms with E-state index in [1.165, 1.54) is 18.2 Å². The van der Waals surface area contributed by atoms with Crippen molar-refractivity contribution in [2.24, 2.45) is 5.92 Å². The molecule has 0 radical (unpaired) electrons. The van der Waals surface area contributed by atoms with E-state index >= 15 is 0 Å². The zero-order valence-corrected chi connectivity index (χ0v) is 12.4. The molecule has 1 unspecified atom stereocenters. The Morgan fingerprint density at radius 3 is 2.50 bits per heavy atom. The van der Waals surface area contributed by atoms with Gasteiger partial charge in [-0.05, 0) is 30.5 Å². The predicted molar refractivity (Wildman–Crippen MR) is 77.8 cm³/mol. The third kappa shape index (κ3) is 5.90. The Labute approximate surface area is 127 Å². The zero-order valence-electron chi connectivity index (χ0n) is 12.4. The van der Waals surface area contributed by atoms with E-state index in [0.29, 0.717) is 6.42 Å². The second-order valence-corrected chi connectivity index (χ2v) is 5.28. The minimum absolute atomic E-state index is 0.0877. The monoisotopic (exact) mass is 310 g/mol. The van der Waals surface area contributed by atoms with Crippen LogP contribution in [0.4, 0.5) is 4.39 Å². The molecule has 0 spiro atoms. The van der Waals surface area contributed by atoms with Gasteiger partial charge in [0.25, 0.3) is 5.91 Å². The first-order chi connectivity index (χ1) is 10.3. The number of benzene rings is 1. The fraction of sp³-hybridized carbons (Fsp3) is 0.400. The first-order valence-corrected chi connectivity index (χ1v) is 6.85. The third-order valence-corrected chi connectivity index (χ3v) is 2.84. The number of carbonyl (C=O) groups excluding carboxylic acids is 2. The summed E-state index contributed by atoms with van der Waals surface area (Å²) in [4.78, 5) is 34.4. The normalized spacial score (nSPS) is 11.8. The van der Waals surface area contributed by atoms with Gasteiger partial charge in [0.05, 0.1) is 6.54 Å². The predicted octanol–water partition coefficient (Wildman–Crippen LogP) is 1.17. The number of carboxylic acids is 1. The molecule has 0 aliphatic rings. The van der Waals surface area contributed by atoms with Crippen molar-refractivity contribution in [3.8, 4) is 0 Å². The van der Waals surface area contributed by atoms with Crippen LogP contribution < -0.4 is 10.6 Å². The third-order valence-electron chi connectivity index (χ3n) is 2.84. The summed E-state index contributed by atoms with van der Waals surface area (Å²) in [6, 6.07) is 4.04. The van der Waals surface area contributed by atoms with Crippen LogP contribution in [0.3, 0.4) is 0 Å². The summed E-state index contributed by atoms with van der Waals surface area (Å²) in [6.07, 6.45) is 0.291. The lowest BCUT2D eigenvalue weighted by molar-refractivity contribution is -0.142. The number of nitrogens with one attached hydrogen (secondary N) is 2. The van der Waals surface area contributed by atoms with Gasteiger partial charge >= 0.3 is 5.97 Å². The van der Waals surface area contributed by atoms with Gasteiger partial charge in [0.1, 0.15) is 11.9 Å². The second kappa shape index (κ2) is 8.11. The number of hydrogen-bond acceptors (Lipinski definition) is 3. The number of halogens is 1. The topological polar surface area (TPSA) is 95.5 Å². The molecule has 1 aromatic carbocycles. The summed E-state index contributed by atoms with van der Waals surface area (Å²) in [5, 5.41) is 13.7. The minimum atomic E-state index is -1.13. The number of rotatable bonds is 7. The maximum Gasteiger partial charge on any atom is 0.326 e. The molecule has 22 heavy (non-hydrogen) atoms. The fourth-order valence-electron chi connectivity index (χ4n) is 1.83. The molecule has 6 nitrogen and oxygen atoms in total. The molecule has 0 saturated heterocycles. The molecule has 1 aromatic rings. The molecule has 0 fully saturated rings. The summed E-state index contributed by atoms with van der Waals surface area (Å²) < 4.78 is 13.0. The van der Waals surface area contributed by atoms with Crippen LogP contribution >= 0.6 is 0 Å². The lowest BCUT2D eigenvalue weighted by Crippen LogP contribution is -2.46. The molecule has 1 atom stereocenters. The molecule has 120 valence electrons. The number of hydrogen-bond donors (Lipinski definition) is 3. The molecule has 3 N–H and O–H groups in total. The first-order valence-electron chi connectivity index (χ1n) is 6.85. The fourth-order valence-corrected chi connectivity index (χ4v) is 1.83. The summed E-state index contributed by atoms with van der Waals surface area (Å²) >= 11 is 0. The Bertz CT molecular complexity index is 560. The van der Waals surface area contributed by atoms with Gasteiger partial charge < -0.3 is 15.7 Å². The number of amides is 2. The molecule has 1 rings (SSSR count). The lowest BCUT2D eigenvalue weighted by Gasteiger charge is -2.16. The molecular formula is C15H19FN2O4. The Morgan fingerprint density at radius 2 is 1.95 bits per heavy atom. The Balaban J connectivity index is 2.51. The van der Waals surface area contributed by atoms with Gasteiger partial charge in [0, 0.05) is 5.56 Å². The molecule has 0 heterocycles. The molecule has 0 aliphatic carbocycles. The van der Waals surface area contributed by atoms with Crippen LogP contribution in [0.1, 0.15) is 30.6 Å². The van der Waals surface area contributed by atoms with E-state index < -0.39 is 29.6 Å². The molecule has 0 aromatic heterocycles. The summed E-state index contributed by atoms with van der Waals surface area (Å²) in [6.45, 7) is 3.30. The van der Waals surface area contributed by atoms with Crippen molar-refractivity contribution in [2.75, 3.05) is 6.54 Å². The number of carbonyl (C=O) groups is 3. The van der Waals surface area contributed by atoms with E-state index in [-0.39, 0.29) is 18.0 Å². The van der Waals surface area contributed by atoms with Crippen LogP contribution in [-0.4, -0.2) is 35.5 Å². The standard InChI is InChI=1S/C15H19FN2O4/c1-9(2)6-12(15(21)22)18-13(19)8-17-14(20)10-4-3-5-11(16)7-10/h3-5,7,9,12H,6,8H2,1-2H3,(H,17,20)(H,18,19)(H,21,22).